The summed E-state index contributed by atoms with van der Waals surface area (Å²) in [5.41, 5.74) is 1.64. The SMILES string of the molecule is CNC(=O)c1cccc(CCNc2nc(Cl)c(C(=O)OC)s2)c1. The van der Waals surface area contributed by atoms with Crippen molar-refractivity contribution >= 4 is 39.9 Å². The highest BCUT2D eigenvalue weighted by Gasteiger charge is 2.17. The number of carbonyl (C=O) groups is 2. The van der Waals surface area contributed by atoms with Crippen molar-refractivity contribution in [3.63, 3.8) is 0 Å². The average Bonchev–Trinajstić information content (AvgIpc) is 2.94. The van der Waals surface area contributed by atoms with E-state index in [9.17, 15) is 9.59 Å². The summed E-state index contributed by atoms with van der Waals surface area (Å²) in [6.07, 6.45) is 0.704. The molecule has 0 aliphatic rings. The monoisotopic (exact) mass is 353 g/mol. The fourth-order valence-corrected chi connectivity index (χ4v) is 3.05. The van der Waals surface area contributed by atoms with Gasteiger partial charge in [-0.1, -0.05) is 35.1 Å². The number of ether oxygens (including phenoxy) is 1. The van der Waals surface area contributed by atoms with Gasteiger partial charge in [-0.05, 0) is 24.1 Å². The molecule has 0 saturated carbocycles. The molecule has 1 aromatic heterocycles. The molecule has 8 heteroatoms. The number of carbonyl (C=O) groups excluding carboxylic acids is 2. The van der Waals surface area contributed by atoms with E-state index in [0.717, 1.165) is 16.9 Å². The predicted octanol–water partition coefficient (Wildman–Crippen LogP) is 2.60. The molecule has 0 bridgehead atoms. The van der Waals surface area contributed by atoms with E-state index in [-0.39, 0.29) is 15.9 Å². The highest BCUT2D eigenvalue weighted by atomic mass is 35.5. The van der Waals surface area contributed by atoms with Crippen molar-refractivity contribution in [3.8, 4) is 0 Å². The summed E-state index contributed by atoms with van der Waals surface area (Å²) in [4.78, 5) is 27.4. The lowest BCUT2D eigenvalue weighted by molar-refractivity contribution is 0.0606. The molecule has 23 heavy (non-hydrogen) atoms. The van der Waals surface area contributed by atoms with Crippen molar-refractivity contribution in [2.75, 3.05) is 26.0 Å². The van der Waals surface area contributed by atoms with Gasteiger partial charge in [-0.25, -0.2) is 9.78 Å². The molecule has 1 heterocycles. The number of nitrogens with one attached hydrogen (secondary N) is 2. The number of amides is 1. The normalized spacial score (nSPS) is 10.2. The Bertz CT molecular complexity index is 718. The number of thiazole rings is 1. The molecule has 0 fully saturated rings. The first-order valence-electron chi connectivity index (χ1n) is 6.84. The molecule has 0 saturated heterocycles. The fourth-order valence-electron chi connectivity index (χ4n) is 1.92. The topological polar surface area (TPSA) is 80.3 Å². The van der Waals surface area contributed by atoms with Crippen LogP contribution >= 0.6 is 22.9 Å². The Balaban J connectivity index is 1.95. The van der Waals surface area contributed by atoms with Gasteiger partial charge in [0, 0.05) is 19.2 Å². The van der Waals surface area contributed by atoms with Crippen molar-refractivity contribution in [2.24, 2.45) is 0 Å². The molecule has 122 valence electrons. The van der Waals surface area contributed by atoms with Crippen LogP contribution in [0.25, 0.3) is 0 Å². The van der Waals surface area contributed by atoms with Crippen LogP contribution in [0.15, 0.2) is 24.3 Å². The van der Waals surface area contributed by atoms with E-state index in [0.29, 0.717) is 23.7 Å². The molecule has 0 aliphatic heterocycles. The molecule has 1 amide bonds. The second-order valence-electron chi connectivity index (χ2n) is 4.59. The van der Waals surface area contributed by atoms with E-state index < -0.39 is 5.97 Å². The number of nitrogens with zero attached hydrogens (tertiary/aromatic N) is 1. The zero-order valence-corrected chi connectivity index (χ0v) is 14.3. The molecule has 1 aromatic carbocycles. The van der Waals surface area contributed by atoms with E-state index >= 15 is 0 Å². The van der Waals surface area contributed by atoms with E-state index in [1.165, 1.54) is 7.11 Å². The van der Waals surface area contributed by atoms with Crippen LogP contribution in [0.4, 0.5) is 5.13 Å². The van der Waals surface area contributed by atoms with E-state index in [1.54, 1.807) is 13.1 Å². The maximum absolute atomic E-state index is 11.6. The van der Waals surface area contributed by atoms with Crippen LogP contribution in [-0.4, -0.2) is 37.6 Å². The van der Waals surface area contributed by atoms with Gasteiger partial charge < -0.3 is 15.4 Å². The Labute approximate surface area is 142 Å². The van der Waals surface area contributed by atoms with Crippen LogP contribution in [-0.2, 0) is 11.2 Å². The lowest BCUT2D eigenvalue weighted by Gasteiger charge is -2.05. The molecular formula is C15H16ClN3O3S. The van der Waals surface area contributed by atoms with Crippen molar-refractivity contribution in [1.29, 1.82) is 0 Å². The van der Waals surface area contributed by atoms with Gasteiger partial charge in [0.2, 0.25) is 0 Å². The second kappa shape index (κ2) is 7.94. The Hall–Kier alpha value is -2.12. The number of methoxy groups -OCH3 is 1. The Morgan fingerprint density at radius 3 is 2.87 bits per heavy atom. The summed E-state index contributed by atoms with van der Waals surface area (Å²) in [5, 5.41) is 6.39. The highest BCUT2D eigenvalue weighted by Crippen LogP contribution is 2.27. The van der Waals surface area contributed by atoms with Crippen molar-refractivity contribution < 1.29 is 14.3 Å². The third kappa shape index (κ3) is 4.43. The Kier molecular flexibility index (Phi) is 5.95. The minimum atomic E-state index is -0.501. The zero-order valence-electron chi connectivity index (χ0n) is 12.7. The maximum atomic E-state index is 11.6. The van der Waals surface area contributed by atoms with Crippen LogP contribution in [0.1, 0.15) is 25.6 Å². The van der Waals surface area contributed by atoms with Crippen LogP contribution in [0.5, 0.6) is 0 Å². The molecule has 2 N–H and O–H groups in total. The number of rotatable bonds is 6. The molecule has 0 aliphatic carbocycles. The first-order valence-corrected chi connectivity index (χ1v) is 8.04. The molecule has 0 unspecified atom stereocenters. The van der Waals surface area contributed by atoms with Crippen LogP contribution < -0.4 is 10.6 Å². The molecule has 0 radical (unpaired) electrons. The molecule has 0 atom stereocenters. The zero-order chi connectivity index (χ0) is 16.8. The van der Waals surface area contributed by atoms with Gasteiger partial charge in [-0.2, -0.15) is 0 Å². The van der Waals surface area contributed by atoms with Crippen LogP contribution in [0, 0.1) is 0 Å². The van der Waals surface area contributed by atoms with Crippen LogP contribution in [0.2, 0.25) is 5.15 Å². The number of anilines is 1. The molecule has 2 aromatic rings. The standard InChI is InChI=1S/C15H16ClN3O3S/c1-17-13(20)10-5-3-4-9(8-10)6-7-18-15-19-12(16)11(23-15)14(21)22-2/h3-5,8H,6-7H2,1-2H3,(H,17,20)(H,18,19). The van der Waals surface area contributed by atoms with Crippen molar-refractivity contribution in [3.05, 3.63) is 45.4 Å². The number of hydrogen-bond donors (Lipinski definition) is 2. The minimum Gasteiger partial charge on any atom is -0.465 e. The van der Waals surface area contributed by atoms with E-state index in [1.807, 2.05) is 18.2 Å². The number of aromatic nitrogens is 1. The van der Waals surface area contributed by atoms with Gasteiger partial charge in [0.25, 0.3) is 5.91 Å². The first kappa shape index (κ1) is 17.2. The van der Waals surface area contributed by atoms with Crippen LogP contribution in [0.3, 0.4) is 0 Å². The number of halogens is 1. The lowest BCUT2D eigenvalue weighted by Crippen LogP contribution is -2.18. The number of hydrogen-bond acceptors (Lipinski definition) is 6. The highest BCUT2D eigenvalue weighted by molar-refractivity contribution is 7.18. The van der Waals surface area contributed by atoms with Gasteiger partial charge in [0.15, 0.2) is 15.2 Å². The van der Waals surface area contributed by atoms with Gasteiger partial charge in [-0.3, -0.25) is 4.79 Å². The quantitative estimate of drug-likeness (QED) is 0.780. The summed E-state index contributed by atoms with van der Waals surface area (Å²) in [6.45, 7) is 0.599. The summed E-state index contributed by atoms with van der Waals surface area (Å²) < 4.78 is 4.63. The second-order valence-corrected chi connectivity index (χ2v) is 5.94. The Morgan fingerprint density at radius 2 is 2.17 bits per heavy atom. The summed E-state index contributed by atoms with van der Waals surface area (Å²) >= 11 is 7.05. The number of esters is 1. The lowest BCUT2D eigenvalue weighted by atomic mass is 10.1. The molecule has 2 rings (SSSR count). The predicted molar refractivity (Wildman–Crippen MR) is 90.5 cm³/mol. The van der Waals surface area contributed by atoms with E-state index in [4.69, 9.17) is 11.6 Å². The van der Waals surface area contributed by atoms with E-state index in [2.05, 4.69) is 20.4 Å². The Morgan fingerprint density at radius 1 is 1.39 bits per heavy atom. The average molecular weight is 354 g/mol. The van der Waals surface area contributed by atoms with Gasteiger partial charge in [0.05, 0.1) is 7.11 Å². The van der Waals surface area contributed by atoms with Crippen molar-refractivity contribution in [1.82, 2.24) is 10.3 Å². The molecule has 6 nitrogen and oxygen atoms in total. The third-order valence-corrected chi connectivity index (χ3v) is 4.44. The summed E-state index contributed by atoms with van der Waals surface area (Å²) in [6, 6.07) is 7.40. The molecule has 0 spiro atoms. The molecular weight excluding hydrogens is 338 g/mol. The summed E-state index contributed by atoms with van der Waals surface area (Å²) in [7, 11) is 2.90. The van der Waals surface area contributed by atoms with Gasteiger partial charge in [0.1, 0.15) is 0 Å². The van der Waals surface area contributed by atoms with Crippen molar-refractivity contribution in [2.45, 2.75) is 6.42 Å². The third-order valence-electron chi connectivity index (χ3n) is 3.06. The number of benzene rings is 1. The first-order chi connectivity index (χ1) is 11.0. The van der Waals surface area contributed by atoms with Gasteiger partial charge >= 0.3 is 5.97 Å². The minimum absolute atomic E-state index is 0.116. The fraction of sp³-hybridized carbons (Fsp3) is 0.267. The smallest absolute Gasteiger partial charge is 0.351 e. The largest absolute Gasteiger partial charge is 0.465 e. The summed E-state index contributed by atoms with van der Waals surface area (Å²) in [5.74, 6) is -0.618. The maximum Gasteiger partial charge on any atom is 0.351 e. The van der Waals surface area contributed by atoms with Gasteiger partial charge in [-0.15, -0.1) is 0 Å².